The third-order valence-corrected chi connectivity index (χ3v) is 5.62. The molecule has 0 aliphatic carbocycles. The molecule has 1 aromatic heterocycles. The summed E-state index contributed by atoms with van der Waals surface area (Å²) >= 11 is 0. The Morgan fingerprint density at radius 3 is 2.80 bits per heavy atom. The zero-order valence-corrected chi connectivity index (χ0v) is 17.0. The number of ether oxygens (including phenoxy) is 1. The van der Waals surface area contributed by atoms with E-state index in [1.54, 1.807) is 10.6 Å². The van der Waals surface area contributed by atoms with Crippen LogP contribution < -0.4 is 10.6 Å². The van der Waals surface area contributed by atoms with Crippen LogP contribution in [-0.4, -0.2) is 53.5 Å². The number of hydrogen-bond acceptors (Lipinski definition) is 5. The lowest BCUT2D eigenvalue weighted by molar-refractivity contribution is -0.128. The highest BCUT2D eigenvalue weighted by Crippen LogP contribution is 2.33. The molecule has 30 heavy (non-hydrogen) atoms. The van der Waals surface area contributed by atoms with Gasteiger partial charge in [-0.1, -0.05) is 35.5 Å². The van der Waals surface area contributed by atoms with Gasteiger partial charge in [0.05, 0.1) is 12.6 Å². The molecule has 2 N–H and O–H groups in total. The molecule has 1 saturated heterocycles. The predicted molar refractivity (Wildman–Crippen MR) is 111 cm³/mol. The van der Waals surface area contributed by atoms with Crippen LogP contribution in [0.4, 0.5) is 0 Å². The van der Waals surface area contributed by atoms with E-state index in [0.29, 0.717) is 37.4 Å². The maximum Gasteiger partial charge on any atom is 0.269 e. The lowest BCUT2D eigenvalue weighted by Gasteiger charge is -2.38. The van der Waals surface area contributed by atoms with Crippen LogP contribution in [0.2, 0.25) is 0 Å². The van der Waals surface area contributed by atoms with Gasteiger partial charge in [0, 0.05) is 32.8 Å². The number of benzene rings is 1. The summed E-state index contributed by atoms with van der Waals surface area (Å²) in [5.41, 5.74) is 1.19. The molecule has 1 spiro atoms. The van der Waals surface area contributed by atoms with E-state index in [1.165, 1.54) is 0 Å². The van der Waals surface area contributed by atoms with E-state index in [-0.39, 0.29) is 24.5 Å². The molecule has 158 valence electrons. The van der Waals surface area contributed by atoms with Gasteiger partial charge in [0.2, 0.25) is 0 Å². The van der Waals surface area contributed by atoms with Crippen molar-refractivity contribution in [2.45, 2.75) is 30.9 Å². The lowest BCUT2D eigenvalue weighted by Crippen LogP contribution is -2.59. The SMILES string of the molecule is Cn1cccc1C(=O)N[C@H]1CCOC[C@]12CC(C(=O)NCCc1ccccc1)=NO2. The highest BCUT2D eigenvalue weighted by molar-refractivity contribution is 6.39. The Bertz CT molecular complexity index is 940. The molecule has 2 aliphatic heterocycles. The summed E-state index contributed by atoms with van der Waals surface area (Å²) in [6, 6.07) is 13.2. The van der Waals surface area contributed by atoms with Crippen molar-refractivity contribution in [3.63, 3.8) is 0 Å². The first-order chi connectivity index (χ1) is 14.6. The van der Waals surface area contributed by atoms with Gasteiger partial charge in [-0.15, -0.1) is 0 Å². The third-order valence-electron chi connectivity index (χ3n) is 5.62. The topological polar surface area (TPSA) is 94.0 Å². The van der Waals surface area contributed by atoms with Gasteiger partial charge >= 0.3 is 0 Å². The van der Waals surface area contributed by atoms with Gasteiger partial charge in [-0.25, -0.2) is 0 Å². The van der Waals surface area contributed by atoms with Crippen molar-refractivity contribution < 1.29 is 19.2 Å². The summed E-state index contributed by atoms with van der Waals surface area (Å²) < 4.78 is 7.38. The maximum atomic E-state index is 12.7. The molecule has 8 nitrogen and oxygen atoms in total. The van der Waals surface area contributed by atoms with Gasteiger partial charge in [0.1, 0.15) is 11.4 Å². The van der Waals surface area contributed by atoms with Gasteiger partial charge in [-0.2, -0.15) is 0 Å². The Morgan fingerprint density at radius 2 is 2.03 bits per heavy atom. The molecule has 2 aliphatic rings. The molecule has 0 bridgehead atoms. The zero-order chi connectivity index (χ0) is 21.0. The number of hydrogen-bond donors (Lipinski definition) is 2. The van der Waals surface area contributed by atoms with Gasteiger partial charge in [-0.05, 0) is 30.5 Å². The molecule has 4 rings (SSSR count). The van der Waals surface area contributed by atoms with Crippen LogP contribution >= 0.6 is 0 Å². The number of carbonyl (C=O) groups excluding carboxylic acids is 2. The molecule has 8 heteroatoms. The second kappa shape index (κ2) is 8.71. The first kappa shape index (κ1) is 20.2. The Hall–Kier alpha value is -3.13. The van der Waals surface area contributed by atoms with Crippen LogP contribution in [0.25, 0.3) is 0 Å². The standard InChI is InChI=1S/C22H26N4O4/c1-26-12-5-8-18(26)21(28)24-19-10-13-29-15-22(19)14-17(25-30-22)20(27)23-11-9-16-6-3-2-4-7-16/h2-8,12,19H,9-11,13-15H2,1H3,(H,23,27)(H,24,28)/t19-,22+/m0/s1. The Balaban J connectivity index is 1.35. The fraction of sp³-hybridized carbons (Fsp3) is 0.409. The number of nitrogens with zero attached hydrogens (tertiary/aromatic N) is 2. The van der Waals surface area contributed by atoms with Gasteiger partial charge in [0.15, 0.2) is 5.60 Å². The molecule has 0 saturated carbocycles. The molecule has 0 unspecified atom stereocenters. The van der Waals surface area contributed by atoms with Crippen molar-refractivity contribution >= 4 is 17.5 Å². The van der Waals surface area contributed by atoms with E-state index in [9.17, 15) is 9.59 Å². The Kier molecular flexibility index (Phi) is 5.85. The molecule has 0 radical (unpaired) electrons. The van der Waals surface area contributed by atoms with Crippen LogP contribution in [0, 0.1) is 0 Å². The van der Waals surface area contributed by atoms with E-state index in [2.05, 4.69) is 15.8 Å². The highest BCUT2D eigenvalue weighted by Gasteiger charge is 2.50. The average molecular weight is 410 g/mol. The normalized spacial score (nSPS) is 23.0. The number of rotatable bonds is 6. The lowest BCUT2D eigenvalue weighted by atomic mass is 9.86. The zero-order valence-electron chi connectivity index (χ0n) is 17.0. The summed E-state index contributed by atoms with van der Waals surface area (Å²) in [6.45, 7) is 1.30. The number of oxime groups is 1. The second-order valence-corrected chi connectivity index (χ2v) is 7.73. The van der Waals surface area contributed by atoms with E-state index < -0.39 is 5.60 Å². The van der Waals surface area contributed by atoms with Crippen molar-refractivity contribution in [2.75, 3.05) is 19.8 Å². The largest absolute Gasteiger partial charge is 0.384 e. The van der Waals surface area contributed by atoms with Crippen molar-refractivity contribution in [1.82, 2.24) is 15.2 Å². The van der Waals surface area contributed by atoms with Crippen molar-refractivity contribution in [3.05, 3.63) is 59.9 Å². The highest BCUT2D eigenvalue weighted by atomic mass is 16.7. The van der Waals surface area contributed by atoms with E-state index in [1.807, 2.05) is 49.6 Å². The van der Waals surface area contributed by atoms with Crippen molar-refractivity contribution in [3.8, 4) is 0 Å². The maximum absolute atomic E-state index is 12.7. The Morgan fingerprint density at radius 1 is 1.20 bits per heavy atom. The summed E-state index contributed by atoms with van der Waals surface area (Å²) in [4.78, 5) is 31.0. The molecule has 1 aromatic carbocycles. The van der Waals surface area contributed by atoms with Crippen molar-refractivity contribution in [2.24, 2.45) is 12.2 Å². The number of carbonyl (C=O) groups is 2. The summed E-state index contributed by atoms with van der Waals surface area (Å²) in [6.07, 6.45) is 3.45. The van der Waals surface area contributed by atoms with E-state index in [0.717, 1.165) is 12.0 Å². The molecule has 1 fully saturated rings. The fourth-order valence-electron chi connectivity index (χ4n) is 3.89. The van der Waals surface area contributed by atoms with Gasteiger partial charge in [-0.3, -0.25) is 9.59 Å². The van der Waals surface area contributed by atoms with Crippen LogP contribution in [-0.2, 0) is 27.8 Å². The summed E-state index contributed by atoms with van der Waals surface area (Å²) in [5, 5.41) is 9.99. The van der Waals surface area contributed by atoms with Crippen LogP contribution in [0.3, 0.4) is 0 Å². The number of aryl methyl sites for hydroxylation is 1. The summed E-state index contributed by atoms with van der Waals surface area (Å²) in [7, 11) is 1.82. The number of aromatic nitrogens is 1. The minimum absolute atomic E-state index is 0.182. The minimum atomic E-state index is -0.856. The smallest absolute Gasteiger partial charge is 0.269 e. The monoisotopic (exact) mass is 410 g/mol. The Labute approximate surface area is 175 Å². The van der Waals surface area contributed by atoms with E-state index in [4.69, 9.17) is 9.57 Å². The molecule has 2 aromatic rings. The summed E-state index contributed by atoms with van der Waals surface area (Å²) in [5.74, 6) is -0.431. The first-order valence-electron chi connectivity index (χ1n) is 10.1. The first-order valence-corrected chi connectivity index (χ1v) is 10.1. The van der Waals surface area contributed by atoms with Gasteiger partial charge in [0.25, 0.3) is 11.8 Å². The van der Waals surface area contributed by atoms with E-state index >= 15 is 0 Å². The quantitative estimate of drug-likeness (QED) is 0.753. The van der Waals surface area contributed by atoms with Crippen molar-refractivity contribution in [1.29, 1.82) is 0 Å². The van der Waals surface area contributed by atoms with Gasteiger partial charge < -0.3 is 24.8 Å². The van der Waals surface area contributed by atoms with Crippen LogP contribution in [0.15, 0.2) is 53.8 Å². The number of amides is 2. The van der Waals surface area contributed by atoms with Crippen LogP contribution in [0.5, 0.6) is 0 Å². The third kappa shape index (κ3) is 4.23. The average Bonchev–Trinajstić information content (AvgIpc) is 3.38. The minimum Gasteiger partial charge on any atom is -0.384 e. The molecule has 3 heterocycles. The van der Waals surface area contributed by atoms with Crippen LogP contribution in [0.1, 0.15) is 28.9 Å². The second-order valence-electron chi connectivity index (χ2n) is 7.73. The molecular formula is C22H26N4O4. The number of nitrogens with one attached hydrogen (secondary N) is 2. The fourth-order valence-corrected chi connectivity index (χ4v) is 3.89. The molecule has 2 amide bonds. The molecule has 2 atom stereocenters. The predicted octanol–water partition coefficient (Wildman–Crippen LogP) is 1.42. The molecular weight excluding hydrogens is 384 g/mol.